The maximum absolute atomic E-state index is 13.5. The Bertz CT molecular complexity index is 912. The fraction of sp³-hybridized carbons (Fsp3) is 0.400. The van der Waals surface area contributed by atoms with Crippen molar-refractivity contribution >= 4 is 11.7 Å². The number of carbonyl (C=O) groups is 1. The number of anilines is 1. The Morgan fingerprint density at radius 2 is 1.84 bits per heavy atom. The summed E-state index contributed by atoms with van der Waals surface area (Å²) in [5.41, 5.74) is 3.26. The molecule has 0 radical (unpaired) electrons. The Kier molecular flexibility index (Phi) is 7.46. The van der Waals surface area contributed by atoms with Crippen LogP contribution < -0.4 is 4.90 Å². The number of nitrogens with zero attached hydrogens (tertiary/aromatic N) is 1. The van der Waals surface area contributed by atoms with E-state index >= 15 is 0 Å². The van der Waals surface area contributed by atoms with E-state index in [9.17, 15) is 19.4 Å². The summed E-state index contributed by atoms with van der Waals surface area (Å²) >= 11 is 0. The summed E-state index contributed by atoms with van der Waals surface area (Å²) in [7, 11) is 1.26. The molecule has 6 heteroatoms. The van der Waals surface area contributed by atoms with Crippen molar-refractivity contribution in [2.45, 2.75) is 56.9 Å². The van der Waals surface area contributed by atoms with Crippen LogP contribution in [0.25, 0.3) is 0 Å². The molecule has 1 aliphatic rings. The molecule has 0 aromatic heterocycles. The molecule has 2 N–H and O–H groups in total. The van der Waals surface area contributed by atoms with Gasteiger partial charge in [0.2, 0.25) is 0 Å². The fourth-order valence-corrected chi connectivity index (χ4v) is 4.32. The molecule has 0 fully saturated rings. The van der Waals surface area contributed by atoms with Crippen molar-refractivity contribution < 1.29 is 24.1 Å². The summed E-state index contributed by atoms with van der Waals surface area (Å²) in [6, 6.07) is 14.8. The first-order valence-electron chi connectivity index (χ1n) is 10.6. The van der Waals surface area contributed by atoms with Gasteiger partial charge in [-0.1, -0.05) is 42.5 Å². The number of aliphatic hydroxyl groups is 2. The van der Waals surface area contributed by atoms with Crippen LogP contribution in [-0.2, 0) is 9.53 Å². The van der Waals surface area contributed by atoms with Gasteiger partial charge in [-0.15, -0.1) is 0 Å². The summed E-state index contributed by atoms with van der Waals surface area (Å²) in [5, 5.41) is 20.4. The third-order valence-corrected chi connectivity index (χ3v) is 5.67. The molecule has 4 atom stereocenters. The molecule has 166 valence electrons. The second kappa shape index (κ2) is 10.1. The van der Waals surface area contributed by atoms with Crippen LogP contribution in [0.3, 0.4) is 0 Å². The lowest BCUT2D eigenvalue weighted by Crippen LogP contribution is -2.38. The molecule has 31 heavy (non-hydrogen) atoms. The lowest BCUT2D eigenvalue weighted by atomic mass is 9.87. The lowest BCUT2D eigenvalue weighted by molar-refractivity contribution is -0.143. The number of carbonyl (C=O) groups excluding carboxylic acids is 1. The number of hydrogen-bond acceptors (Lipinski definition) is 5. The van der Waals surface area contributed by atoms with Gasteiger partial charge < -0.3 is 19.8 Å². The first kappa shape index (κ1) is 23.0. The second-order valence-electron chi connectivity index (χ2n) is 8.20. The quantitative estimate of drug-likeness (QED) is 0.496. The number of rotatable bonds is 8. The van der Waals surface area contributed by atoms with E-state index in [1.807, 2.05) is 18.2 Å². The number of benzene rings is 2. The zero-order chi connectivity index (χ0) is 22.5. The van der Waals surface area contributed by atoms with Crippen LogP contribution in [0.1, 0.15) is 43.7 Å². The Hall–Kier alpha value is -2.70. The molecule has 5 nitrogen and oxygen atoms in total. The number of fused-ring (bicyclic) bond motifs is 1. The largest absolute Gasteiger partial charge is 0.469 e. The van der Waals surface area contributed by atoms with Crippen LogP contribution >= 0.6 is 0 Å². The van der Waals surface area contributed by atoms with Gasteiger partial charge in [-0.2, -0.15) is 0 Å². The number of methoxy groups -OCH3 is 1. The zero-order valence-electron chi connectivity index (χ0n) is 18.1. The Morgan fingerprint density at radius 3 is 2.48 bits per heavy atom. The van der Waals surface area contributed by atoms with Gasteiger partial charge in [0.05, 0.1) is 31.8 Å². The lowest BCUT2D eigenvalue weighted by Gasteiger charge is -2.32. The maximum atomic E-state index is 13.5. The van der Waals surface area contributed by atoms with Gasteiger partial charge in [-0.25, -0.2) is 4.39 Å². The number of ether oxygens (including phenoxy) is 1. The van der Waals surface area contributed by atoms with Crippen LogP contribution in [-0.4, -0.2) is 47.6 Å². The third-order valence-electron chi connectivity index (χ3n) is 5.67. The monoisotopic (exact) mass is 427 g/mol. The number of halogens is 1. The molecule has 0 aliphatic carbocycles. The first-order valence-corrected chi connectivity index (χ1v) is 10.6. The van der Waals surface area contributed by atoms with E-state index in [4.69, 9.17) is 0 Å². The molecule has 0 unspecified atom stereocenters. The first-order chi connectivity index (χ1) is 14.8. The summed E-state index contributed by atoms with van der Waals surface area (Å²) in [6.07, 6.45) is 1.60. The van der Waals surface area contributed by atoms with E-state index in [0.29, 0.717) is 0 Å². The topological polar surface area (TPSA) is 70.0 Å². The highest BCUT2D eigenvalue weighted by Crippen LogP contribution is 2.46. The van der Waals surface area contributed by atoms with Gasteiger partial charge in [0, 0.05) is 24.1 Å². The summed E-state index contributed by atoms with van der Waals surface area (Å²) in [6.45, 7) is 4.22. The van der Waals surface area contributed by atoms with Crippen LogP contribution in [0.2, 0.25) is 0 Å². The van der Waals surface area contributed by atoms with Gasteiger partial charge in [0.15, 0.2) is 0 Å². The van der Waals surface area contributed by atoms with Gasteiger partial charge in [0.1, 0.15) is 5.82 Å². The fourth-order valence-electron chi connectivity index (χ4n) is 4.32. The van der Waals surface area contributed by atoms with E-state index in [-0.39, 0.29) is 36.7 Å². The Labute approximate surface area is 182 Å². The maximum Gasteiger partial charge on any atom is 0.308 e. The van der Waals surface area contributed by atoms with Gasteiger partial charge >= 0.3 is 5.97 Å². The molecule has 1 aliphatic heterocycles. The second-order valence-corrected chi connectivity index (χ2v) is 8.20. The van der Waals surface area contributed by atoms with E-state index in [2.05, 4.69) is 35.6 Å². The van der Waals surface area contributed by atoms with Crippen molar-refractivity contribution in [2.24, 2.45) is 0 Å². The molecule has 0 saturated carbocycles. The predicted octanol–water partition coefficient (Wildman–Crippen LogP) is 3.79. The van der Waals surface area contributed by atoms with Crippen molar-refractivity contribution in [3.8, 4) is 0 Å². The van der Waals surface area contributed by atoms with Crippen LogP contribution in [0.4, 0.5) is 10.1 Å². The van der Waals surface area contributed by atoms with Gasteiger partial charge in [-0.05, 0) is 43.2 Å². The summed E-state index contributed by atoms with van der Waals surface area (Å²) in [5.74, 6) is -0.822. The average molecular weight is 428 g/mol. The van der Waals surface area contributed by atoms with E-state index in [1.54, 1.807) is 18.2 Å². The number of aliphatic hydroxyl groups excluding tert-OH is 2. The van der Waals surface area contributed by atoms with Crippen LogP contribution in [0.5, 0.6) is 0 Å². The third kappa shape index (κ3) is 5.32. The van der Waals surface area contributed by atoms with E-state index in [0.717, 1.165) is 16.8 Å². The molecule has 2 aromatic carbocycles. The van der Waals surface area contributed by atoms with Crippen molar-refractivity contribution in [1.82, 2.24) is 0 Å². The SMILES string of the molecule is COC(=O)C[C@H](O)C[C@H](O)/C=C/[C@@H]1[C@H](c2ccc(F)cc2)c2ccccc2N1C(C)C. The van der Waals surface area contributed by atoms with Crippen molar-refractivity contribution in [1.29, 1.82) is 0 Å². The highest BCUT2D eigenvalue weighted by molar-refractivity contribution is 5.69. The highest BCUT2D eigenvalue weighted by Gasteiger charge is 2.38. The molecular formula is C25H30FNO4. The average Bonchev–Trinajstić information content (AvgIpc) is 3.07. The van der Waals surface area contributed by atoms with Crippen molar-refractivity contribution in [2.75, 3.05) is 12.0 Å². The summed E-state index contributed by atoms with van der Waals surface area (Å²) < 4.78 is 18.1. The molecule has 3 rings (SSSR count). The smallest absolute Gasteiger partial charge is 0.308 e. The van der Waals surface area contributed by atoms with Crippen LogP contribution in [0, 0.1) is 5.82 Å². The van der Waals surface area contributed by atoms with E-state index in [1.165, 1.54) is 19.2 Å². The van der Waals surface area contributed by atoms with Crippen LogP contribution in [0.15, 0.2) is 60.7 Å². The number of hydrogen-bond donors (Lipinski definition) is 2. The number of esters is 1. The molecule has 1 heterocycles. The molecule has 0 spiro atoms. The minimum absolute atomic E-state index is 0.0253. The van der Waals surface area contributed by atoms with Crippen molar-refractivity contribution in [3.05, 3.63) is 77.6 Å². The predicted molar refractivity (Wildman–Crippen MR) is 118 cm³/mol. The van der Waals surface area contributed by atoms with Gasteiger partial charge in [0.25, 0.3) is 0 Å². The molecule has 0 saturated heterocycles. The van der Waals surface area contributed by atoms with Gasteiger partial charge in [-0.3, -0.25) is 4.79 Å². The standard InChI is InChI=1S/C25H30FNO4/c1-16(2)27-22-7-5-4-6-21(22)25(17-8-10-18(26)11-9-17)23(27)13-12-19(28)14-20(29)15-24(30)31-3/h4-13,16,19-20,23,25,28-29H,14-15H2,1-3H3/b13-12+/t19-,20-,23-,25-/m1/s1. The highest BCUT2D eigenvalue weighted by atomic mass is 19.1. The Morgan fingerprint density at radius 1 is 1.16 bits per heavy atom. The Balaban J connectivity index is 1.88. The molecule has 2 aromatic rings. The molecule has 0 amide bonds. The minimum atomic E-state index is -0.984. The molecule has 0 bridgehead atoms. The normalized spacial score (nSPS) is 20.2. The van der Waals surface area contributed by atoms with E-state index < -0.39 is 18.2 Å². The van der Waals surface area contributed by atoms with Crippen molar-refractivity contribution in [3.63, 3.8) is 0 Å². The summed E-state index contributed by atoms with van der Waals surface area (Å²) in [4.78, 5) is 13.6. The number of para-hydroxylation sites is 1. The zero-order valence-corrected chi connectivity index (χ0v) is 18.1. The minimum Gasteiger partial charge on any atom is -0.469 e. The molecular weight excluding hydrogens is 397 g/mol.